The van der Waals surface area contributed by atoms with Gasteiger partial charge in [0.15, 0.2) is 18.9 Å². The number of nitrogens with one attached hydrogen (secondary N) is 6. The zero-order valence-electron chi connectivity index (χ0n) is 42.3. The molecule has 0 aromatic carbocycles. The molecule has 18 N–H and O–H groups in total. The predicted molar refractivity (Wildman–Crippen MR) is 249 cm³/mol. The van der Waals surface area contributed by atoms with E-state index in [4.69, 9.17) is 28.4 Å². The molecule has 0 radical (unpaired) electrons. The molecule has 16 atom stereocenters. The fourth-order valence-corrected chi connectivity index (χ4v) is 7.78. The van der Waals surface area contributed by atoms with E-state index in [0.717, 1.165) is 4.90 Å². The van der Waals surface area contributed by atoms with E-state index in [1.54, 1.807) is 0 Å². The first-order valence-electron chi connectivity index (χ1n) is 24.7. The zero-order valence-corrected chi connectivity index (χ0v) is 42.3. The fraction of sp³-hybridized carbons (Fsp3) is 0.791. The molecule has 79 heavy (non-hydrogen) atoms. The topological polar surface area (TPSA) is 540 Å². The summed E-state index contributed by atoms with van der Waals surface area (Å²) < 4.78 is 31.8. The summed E-state index contributed by atoms with van der Waals surface area (Å²) in [5, 5.41) is 133. The van der Waals surface area contributed by atoms with Gasteiger partial charge in [0.2, 0.25) is 35.4 Å². The van der Waals surface area contributed by atoms with Crippen molar-refractivity contribution in [3.05, 3.63) is 0 Å². The number of aliphatic hydroxyl groups is 12. The number of carbonyl (C=O) groups is 9. The molecule has 0 saturated carbocycles. The van der Waals surface area contributed by atoms with E-state index < -0.39 is 223 Å². The van der Waals surface area contributed by atoms with Crippen molar-refractivity contribution in [3.63, 3.8) is 0 Å². The molecule has 4 aliphatic rings. The summed E-state index contributed by atoms with van der Waals surface area (Å²) in [7, 11) is 0. The Morgan fingerprint density at radius 2 is 0.886 bits per heavy atom. The highest BCUT2D eigenvalue weighted by Gasteiger charge is 2.46. The number of hydrogen-bond acceptors (Lipinski definition) is 29. The summed E-state index contributed by atoms with van der Waals surface area (Å²) in [5.41, 5.74) is 0. The predicted octanol–water partition coefficient (Wildman–Crippen LogP) is -13.8. The van der Waals surface area contributed by atoms with Gasteiger partial charge in [-0.2, -0.15) is 0 Å². The van der Waals surface area contributed by atoms with Crippen LogP contribution < -0.4 is 31.9 Å². The molecule has 36 nitrogen and oxygen atoms in total. The minimum absolute atomic E-state index is 0.188. The van der Waals surface area contributed by atoms with Gasteiger partial charge in [-0.05, 0) is 6.42 Å². The quantitative estimate of drug-likeness (QED) is 0.0226. The number of rotatable bonds is 31. The number of carbonyl (C=O) groups excluding carboxylic acids is 9. The molecule has 0 spiro atoms. The maximum absolute atomic E-state index is 13.4. The van der Waals surface area contributed by atoms with Crippen molar-refractivity contribution in [1.29, 1.82) is 0 Å². The number of nitrogens with zero attached hydrogens (tertiary/aromatic N) is 2. The highest BCUT2D eigenvalue weighted by Crippen LogP contribution is 2.24. The van der Waals surface area contributed by atoms with E-state index in [1.165, 1.54) is 0 Å². The first-order chi connectivity index (χ1) is 37.5. The molecule has 0 aromatic heterocycles. The van der Waals surface area contributed by atoms with Crippen LogP contribution in [0.1, 0.15) is 25.7 Å². The van der Waals surface area contributed by atoms with Crippen LogP contribution in [0.3, 0.4) is 0 Å². The van der Waals surface area contributed by atoms with Gasteiger partial charge in [0, 0.05) is 38.9 Å². The lowest BCUT2D eigenvalue weighted by molar-refractivity contribution is -0.300. The van der Waals surface area contributed by atoms with Gasteiger partial charge >= 0.3 is 5.97 Å². The molecular formula is C43H70N8O28. The van der Waals surface area contributed by atoms with Gasteiger partial charge in [0.25, 0.3) is 11.8 Å². The largest absolute Gasteiger partial charge is 0.394 e. The van der Waals surface area contributed by atoms with Gasteiger partial charge in [-0.15, -0.1) is 5.06 Å². The van der Waals surface area contributed by atoms with Crippen LogP contribution in [0.5, 0.6) is 0 Å². The Bertz CT molecular complexity index is 1970. The molecule has 450 valence electrons. The van der Waals surface area contributed by atoms with Crippen LogP contribution in [-0.2, 0) is 76.4 Å². The van der Waals surface area contributed by atoms with Crippen LogP contribution in [0.15, 0.2) is 0 Å². The lowest BCUT2D eigenvalue weighted by atomic mass is 9.99. The van der Waals surface area contributed by atoms with Crippen LogP contribution in [0.25, 0.3) is 0 Å². The Labute approximate surface area is 448 Å². The molecular weight excluding hydrogens is 1080 g/mol. The number of ether oxygens (including phenoxy) is 6. The molecule has 4 heterocycles. The molecule has 4 rings (SSSR count). The SMILES string of the molecule is O=C(CC[C@H](NC(=O)CNC(=O)CN(CC(=O)NCCO[C@H]1O[C@H](CO)[C@@H](O)[C@H](O)[C@@H]1O)CC(=O)NCCO[C@H]1O[C@H](CO)[C@@H](O)[C@H](O)[C@@H]1O)C(=O)NCCO[C@H]1O[C@H](CO)[C@@H](O)[C@H](O)[C@@H]1O)NCC(=O)ON1C(=O)CCC1=O. The second-order valence-corrected chi connectivity index (χ2v) is 18.1. The highest BCUT2D eigenvalue weighted by atomic mass is 16.7. The Morgan fingerprint density at radius 1 is 0.506 bits per heavy atom. The number of amides is 8. The van der Waals surface area contributed by atoms with E-state index in [2.05, 4.69) is 36.7 Å². The Kier molecular flexibility index (Phi) is 27.5. The third-order valence-electron chi connectivity index (χ3n) is 12.1. The number of imide groups is 1. The Balaban J connectivity index is 1.34. The number of aliphatic hydroxyl groups excluding tert-OH is 12. The molecule has 0 aromatic rings. The van der Waals surface area contributed by atoms with E-state index >= 15 is 0 Å². The van der Waals surface area contributed by atoms with Crippen LogP contribution in [0.2, 0.25) is 0 Å². The molecule has 4 saturated heterocycles. The van der Waals surface area contributed by atoms with Gasteiger partial charge in [-0.3, -0.25) is 43.3 Å². The van der Waals surface area contributed by atoms with Crippen molar-refractivity contribution in [3.8, 4) is 0 Å². The van der Waals surface area contributed by atoms with Gasteiger partial charge in [-0.1, -0.05) is 0 Å². The lowest BCUT2D eigenvalue weighted by Crippen LogP contribution is -2.59. The average Bonchev–Trinajstić information content (AvgIpc) is 3.74. The molecule has 8 amide bonds. The lowest BCUT2D eigenvalue weighted by Gasteiger charge is -2.39. The monoisotopic (exact) mass is 1150 g/mol. The van der Waals surface area contributed by atoms with Crippen LogP contribution in [0.4, 0.5) is 0 Å². The van der Waals surface area contributed by atoms with Crippen molar-refractivity contribution in [2.24, 2.45) is 0 Å². The average molecular weight is 1150 g/mol. The summed E-state index contributed by atoms with van der Waals surface area (Å²) in [6, 6.07) is -1.56. The highest BCUT2D eigenvalue weighted by molar-refractivity contribution is 6.01. The van der Waals surface area contributed by atoms with Crippen LogP contribution >= 0.6 is 0 Å². The molecule has 4 aliphatic heterocycles. The van der Waals surface area contributed by atoms with E-state index in [-0.39, 0.29) is 50.8 Å². The fourth-order valence-electron chi connectivity index (χ4n) is 7.78. The minimum atomic E-state index is -1.77. The summed E-state index contributed by atoms with van der Waals surface area (Å²) >= 11 is 0. The maximum atomic E-state index is 13.4. The second kappa shape index (κ2) is 32.8. The Morgan fingerprint density at radius 3 is 1.29 bits per heavy atom. The van der Waals surface area contributed by atoms with Gasteiger partial charge in [0.05, 0.1) is 65.8 Å². The molecule has 4 fully saturated rings. The van der Waals surface area contributed by atoms with Gasteiger partial charge in [-0.25, -0.2) is 4.79 Å². The summed E-state index contributed by atoms with van der Waals surface area (Å²) in [4.78, 5) is 120. The van der Waals surface area contributed by atoms with Gasteiger partial charge < -0.3 is 126 Å². The van der Waals surface area contributed by atoms with Crippen molar-refractivity contribution < 1.29 is 138 Å². The number of hydrogen-bond donors (Lipinski definition) is 18. The van der Waals surface area contributed by atoms with Crippen molar-refractivity contribution in [2.45, 2.75) is 124 Å². The second-order valence-electron chi connectivity index (χ2n) is 18.1. The normalized spacial score (nSPS) is 30.3. The summed E-state index contributed by atoms with van der Waals surface area (Å²) in [6.45, 7) is -8.08. The van der Waals surface area contributed by atoms with E-state index in [0.29, 0.717) is 0 Å². The van der Waals surface area contributed by atoms with E-state index in [9.17, 15) is 104 Å². The first kappa shape index (κ1) is 66.2. The Hall–Kier alpha value is -5.33. The summed E-state index contributed by atoms with van der Waals surface area (Å²) in [6.07, 6.45) is -25.4. The molecule has 0 aliphatic carbocycles. The summed E-state index contributed by atoms with van der Waals surface area (Å²) in [5.74, 6) is -8.19. The van der Waals surface area contributed by atoms with Crippen molar-refractivity contribution in [1.82, 2.24) is 41.9 Å². The smallest absolute Gasteiger partial charge is 0.352 e. The maximum Gasteiger partial charge on any atom is 0.352 e. The standard InChI is InChI=1S/C43H70N8O28/c52-16-20-31(63)34(66)37(69)41(76-20)73-8-5-44-25(57)13-50(14-26(58)45-6-9-74-42-38(70)35(67)32(64)21(17-53)77-42)15-27(59)47-11-24(56)49-19(1-2-23(55)48-12-30(62)79-51-28(60)3-4-29(51)61)40(72)46-7-10-75-43-39(71)36(68)33(65)22(18-54)78-43/h19-22,31-39,41-43,52-54,63-71H,1-18H2,(H,44,57)(H,45,58)(H,46,72)(H,47,59)(H,48,55)(H,49,56)/t19-,20+,21+,22+,31+,32+,33+,34-,35-,36-,37-,38-,39-,41-,42-,43-/m0/s1. The number of hydroxylamine groups is 2. The van der Waals surface area contributed by atoms with Crippen LogP contribution in [0, 0.1) is 0 Å². The van der Waals surface area contributed by atoms with Crippen molar-refractivity contribution >= 4 is 53.2 Å². The van der Waals surface area contributed by atoms with E-state index in [1.807, 2.05) is 0 Å². The third-order valence-corrected chi connectivity index (χ3v) is 12.1. The van der Waals surface area contributed by atoms with Crippen LogP contribution in [-0.4, -0.2) is 315 Å². The zero-order chi connectivity index (χ0) is 58.5. The van der Waals surface area contributed by atoms with Crippen molar-refractivity contribution in [2.75, 3.05) is 92.0 Å². The first-order valence-corrected chi connectivity index (χ1v) is 24.7. The molecule has 36 heteroatoms. The van der Waals surface area contributed by atoms with Gasteiger partial charge in [0.1, 0.15) is 85.8 Å². The minimum Gasteiger partial charge on any atom is -0.394 e. The molecule has 0 unspecified atom stereocenters. The molecule has 0 bridgehead atoms. The third kappa shape index (κ3) is 20.3.